The van der Waals surface area contributed by atoms with Gasteiger partial charge < -0.3 is 5.32 Å². The first kappa shape index (κ1) is 18.3. The summed E-state index contributed by atoms with van der Waals surface area (Å²) in [6.45, 7) is -0.221. The van der Waals surface area contributed by atoms with Crippen molar-refractivity contribution in [1.82, 2.24) is 16.2 Å². The van der Waals surface area contributed by atoms with Crippen LogP contribution in [0.5, 0.6) is 0 Å². The van der Waals surface area contributed by atoms with Crippen molar-refractivity contribution in [2.45, 2.75) is 4.90 Å². The molecule has 1 heterocycles. The lowest BCUT2D eigenvalue weighted by atomic mass is 10.4. The Hall–Kier alpha value is -2.03. The van der Waals surface area contributed by atoms with Crippen LogP contribution in [0.25, 0.3) is 0 Å². The Labute approximate surface area is 151 Å². The van der Waals surface area contributed by atoms with E-state index in [1.54, 1.807) is 41.8 Å². The van der Waals surface area contributed by atoms with Crippen molar-refractivity contribution < 1.29 is 14.4 Å². The quantitative estimate of drug-likeness (QED) is 0.526. The first-order chi connectivity index (χ1) is 11.5. The first-order valence-corrected chi connectivity index (χ1v) is 9.06. The van der Waals surface area contributed by atoms with Crippen LogP contribution in [0.3, 0.4) is 0 Å². The maximum absolute atomic E-state index is 11.7. The van der Waals surface area contributed by atoms with E-state index in [1.807, 2.05) is 0 Å². The van der Waals surface area contributed by atoms with Crippen molar-refractivity contribution in [2.24, 2.45) is 0 Å². The molecular formula is C15H14ClN3O3S2. The zero-order valence-electron chi connectivity index (χ0n) is 12.4. The molecule has 3 N–H and O–H groups in total. The summed E-state index contributed by atoms with van der Waals surface area (Å²) in [7, 11) is 0. The fourth-order valence-electron chi connectivity index (χ4n) is 1.55. The van der Waals surface area contributed by atoms with E-state index in [9.17, 15) is 14.4 Å². The van der Waals surface area contributed by atoms with Crippen LogP contribution in [0.4, 0.5) is 0 Å². The van der Waals surface area contributed by atoms with Gasteiger partial charge in [0.1, 0.15) is 0 Å². The molecule has 9 heteroatoms. The minimum absolute atomic E-state index is 0.142. The Balaban J connectivity index is 1.63. The number of thiophene rings is 1. The lowest BCUT2D eigenvalue weighted by molar-refractivity contribution is -0.127. The Bertz CT molecular complexity index is 705. The summed E-state index contributed by atoms with van der Waals surface area (Å²) in [5.74, 6) is -1.05. The van der Waals surface area contributed by atoms with Gasteiger partial charge in [0.2, 0.25) is 5.91 Å². The van der Waals surface area contributed by atoms with E-state index in [1.165, 1.54) is 23.1 Å². The minimum atomic E-state index is -0.509. The van der Waals surface area contributed by atoms with Crippen LogP contribution in [0.15, 0.2) is 46.7 Å². The number of thioether (sulfide) groups is 1. The Morgan fingerprint density at radius 2 is 1.75 bits per heavy atom. The standard InChI is InChI=1S/C15H14ClN3O3S2/c16-10-3-5-11(6-4-10)24-9-14(21)19-18-13(20)8-17-15(22)12-2-1-7-23-12/h1-7H,8-9H2,(H,17,22)(H,18,20)(H,19,21). The van der Waals surface area contributed by atoms with Crippen molar-refractivity contribution in [3.8, 4) is 0 Å². The Kier molecular flexibility index (Phi) is 7.10. The van der Waals surface area contributed by atoms with Gasteiger partial charge >= 0.3 is 0 Å². The predicted molar refractivity (Wildman–Crippen MR) is 95.1 cm³/mol. The van der Waals surface area contributed by atoms with Crippen LogP contribution >= 0.6 is 34.7 Å². The molecule has 126 valence electrons. The highest BCUT2D eigenvalue weighted by molar-refractivity contribution is 8.00. The van der Waals surface area contributed by atoms with Gasteiger partial charge in [-0.2, -0.15) is 0 Å². The number of nitrogens with one attached hydrogen (secondary N) is 3. The van der Waals surface area contributed by atoms with Crippen molar-refractivity contribution in [3.63, 3.8) is 0 Å². The third kappa shape index (κ3) is 6.23. The number of hydrogen-bond acceptors (Lipinski definition) is 5. The highest BCUT2D eigenvalue weighted by Gasteiger charge is 2.09. The number of carbonyl (C=O) groups is 3. The smallest absolute Gasteiger partial charge is 0.261 e. The van der Waals surface area contributed by atoms with Crippen LogP contribution in [-0.4, -0.2) is 30.0 Å². The molecule has 6 nitrogen and oxygen atoms in total. The lowest BCUT2D eigenvalue weighted by Crippen LogP contribution is -2.46. The van der Waals surface area contributed by atoms with E-state index in [4.69, 9.17) is 11.6 Å². The molecule has 3 amide bonds. The van der Waals surface area contributed by atoms with E-state index < -0.39 is 5.91 Å². The highest BCUT2D eigenvalue weighted by Crippen LogP contribution is 2.19. The van der Waals surface area contributed by atoms with Gasteiger partial charge in [0.15, 0.2) is 0 Å². The molecule has 0 bridgehead atoms. The fourth-order valence-corrected chi connectivity index (χ4v) is 3.02. The summed E-state index contributed by atoms with van der Waals surface area (Å²) in [6, 6.07) is 10.5. The van der Waals surface area contributed by atoms with Gasteiger partial charge in [0, 0.05) is 9.92 Å². The molecule has 2 aromatic rings. The zero-order chi connectivity index (χ0) is 17.4. The van der Waals surface area contributed by atoms with Gasteiger partial charge in [0.05, 0.1) is 17.2 Å². The second-order valence-electron chi connectivity index (χ2n) is 4.50. The molecule has 0 fully saturated rings. The van der Waals surface area contributed by atoms with Crippen molar-refractivity contribution in [1.29, 1.82) is 0 Å². The molecule has 0 saturated heterocycles. The molecule has 1 aromatic heterocycles. The highest BCUT2D eigenvalue weighted by atomic mass is 35.5. The summed E-state index contributed by atoms with van der Waals surface area (Å²) >= 11 is 8.38. The number of hydrogen-bond donors (Lipinski definition) is 3. The molecule has 0 aliphatic heterocycles. The predicted octanol–water partition coefficient (Wildman–Crippen LogP) is 2.07. The summed E-state index contributed by atoms with van der Waals surface area (Å²) < 4.78 is 0. The number of halogens is 1. The normalized spacial score (nSPS) is 10.0. The van der Waals surface area contributed by atoms with E-state index in [2.05, 4.69) is 16.2 Å². The van der Waals surface area contributed by atoms with Crippen LogP contribution < -0.4 is 16.2 Å². The summed E-state index contributed by atoms with van der Waals surface area (Å²) in [4.78, 5) is 36.3. The van der Waals surface area contributed by atoms with Crippen LogP contribution in [0.1, 0.15) is 9.67 Å². The van der Waals surface area contributed by atoms with E-state index in [0.717, 1.165) is 4.90 Å². The topological polar surface area (TPSA) is 87.3 Å². The van der Waals surface area contributed by atoms with Crippen LogP contribution in [0.2, 0.25) is 5.02 Å². The molecule has 0 spiro atoms. The van der Waals surface area contributed by atoms with Gasteiger partial charge in [-0.25, -0.2) is 0 Å². The summed E-state index contributed by atoms with van der Waals surface area (Å²) in [6.07, 6.45) is 0. The monoisotopic (exact) mass is 383 g/mol. The van der Waals surface area contributed by atoms with Gasteiger partial charge in [-0.1, -0.05) is 17.7 Å². The zero-order valence-corrected chi connectivity index (χ0v) is 14.8. The van der Waals surface area contributed by atoms with E-state index in [0.29, 0.717) is 9.90 Å². The van der Waals surface area contributed by atoms with Gasteiger partial charge in [-0.15, -0.1) is 23.1 Å². The summed E-state index contributed by atoms with van der Waals surface area (Å²) in [5, 5.41) is 4.86. The third-order valence-electron chi connectivity index (χ3n) is 2.68. The molecule has 1 aromatic carbocycles. The third-order valence-corrected chi connectivity index (χ3v) is 4.81. The van der Waals surface area contributed by atoms with Gasteiger partial charge in [-0.3, -0.25) is 25.2 Å². The number of amides is 3. The van der Waals surface area contributed by atoms with E-state index >= 15 is 0 Å². The fraction of sp³-hybridized carbons (Fsp3) is 0.133. The molecule has 0 aliphatic rings. The SMILES string of the molecule is O=C(CNC(=O)c1cccs1)NNC(=O)CSc1ccc(Cl)cc1. The number of rotatable bonds is 6. The number of hydrazine groups is 1. The minimum Gasteiger partial charge on any atom is -0.342 e. The van der Waals surface area contributed by atoms with E-state index in [-0.39, 0.29) is 24.1 Å². The number of benzene rings is 1. The molecule has 0 radical (unpaired) electrons. The van der Waals surface area contributed by atoms with Gasteiger partial charge in [-0.05, 0) is 35.7 Å². The molecule has 0 aliphatic carbocycles. The molecule has 0 saturated carbocycles. The summed E-state index contributed by atoms with van der Waals surface area (Å²) in [5.41, 5.74) is 4.53. The Morgan fingerprint density at radius 3 is 2.42 bits per heavy atom. The Morgan fingerprint density at radius 1 is 1.04 bits per heavy atom. The largest absolute Gasteiger partial charge is 0.342 e. The molecular weight excluding hydrogens is 370 g/mol. The van der Waals surface area contributed by atoms with Crippen molar-refractivity contribution in [2.75, 3.05) is 12.3 Å². The second kappa shape index (κ2) is 9.31. The first-order valence-electron chi connectivity index (χ1n) is 6.82. The van der Waals surface area contributed by atoms with Crippen molar-refractivity contribution >= 4 is 52.4 Å². The van der Waals surface area contributed by atoms with Crippen molar-refractivity contribution in [3.05, 3.63) is 51.7 Å². The van der Waals surface area contributed by atoms with Crippen LogP contribution in [-0.2, 0) is 9.59 Å². The maximum atomic E-state index is 11.7. The second-order valence-corrected chi connectivity index (χ2v) is 6.93. The van der Waals surface area contributed by atoms with Gasteiger partial charge in [0.25, 0.3) is 11.8 Å². The molecule has 0 unspecified atom stereocenters. The molecule has 0 atom stereocenters. The molecule has 2 rings (SSSR count). The maximum Gasteiger partial charge on any atom is 0.261 e. The average Bonchev–Trinajstić information content (AvgIpc) is 3.12. The van der Waals surface area contributed by atoms with Crippen LogP contribution in [0, 0.1) is 0 Å². The average molecular weight is 384 g/mol. The number of carbonyl (C=O) groups excluding carboxylic acids is 3. The molecule has 24 heavy (non-hydrogen) atoms. The lowest BCUT2D eigenvalue weighted by Gasteiger charge is -2.08.